The molecule has 2 heterocycles. The lowest BCUT2D eigenvalue weighted by Gasteiger charge is -2.09. The number of aromatic nitrogens is 3. The highest BCUT2D eigenvalue weighted by Crippen LogP contribution is 2.16. The number of nitrogens with zero attached hydrogens (tertiary/aromatic N) is 3. The molecule has 3 aromatic rings. The predicted molar refractivity (Wildman–Crippen MR) is 102 cm³/mol. The number of hydrogen-bond acceptors (Lipinski definition) is 4. The Bertz CT molecular complexity index is 888. The highest BCUT2D eigenvalue weighted by atomic mass is 16.5. The fourth-order valence-corrected chi connectivity index (χ4v) is 2.93. The molecule has 0 radical (unpaired) electrons. The number of rotatable bonds is 8. The minimum atomic E-state index is -0.0171. The minimum Gasteiger partial charge on any atom is -0.383 e. The van der Waals surface area contributed by atoms with E-state index in [0.29, 0.717) is 26.0 Å². The summed E-state index contributed by atoms with van der Waals surface area (Å²) in [4.78, 5) is 21.4. The van der Waals surface area contributed by atoms with Crippen LogP contribution in [0.4, 0.5) is 5.69 Å². The van der Waals surface area contributed by atoms with E-state index in [2.05, 4.69) is 28.3 Å². The summed E-state index contributed by atoms with van der Waals surface area (Å²) in [7, 11) is 1.67. The van der Waals surface area contributed by atoms with Gasteiger partial charge < -0.3 is 14.6 Å². The third-order valence-electron chi connectivity index (χ3n) is 4.30. The largest absolute Gasteiger partial charge is 0.383 e. The van der Waals surface area contributed by atoms with Crippen molar-refractivity contribution in [3.05, 3.63) is 54.0 Å². The molecule has 0 saturated carbocycles. The number of benzene rings is 1. The molecule has 0 aliphatic carbocycles. The number of carbonyl (C=O) groups is 1. The van der Waals surface area contributed by atoms with E-state index in [-0.39, 0.29) is 5.91 Å². The van der Waals surface area contributed by atoms with Crippen LogP contribution >= 0.6 is 0 Å². The molecule has 1 aromatic carbocycles. The quantitative estimate of drug-likeness (QED) is 0.676. The number of anilines is 1. The first-order valence-electron chi connectivity index (χ1n) is 8.89. The van der Waals surface area contributed by atoms with Crippen LogP contribution in [0.25, 0.3) is 11.2 Å². The molecule has 0 saturated heterocycles. The lowest BCUT2D eigenvalue weighted by atomic mass is 10.1. The first kappa shape index (κ1) is 18.1. The van der Waals surface area contributed by atoms with Crippen LogP contribution in [0, 0.1) is 0 Å². The normalized spacial score (nSPS) is 11.0. The van der Waals surface area contributed by atoms with Gasteiger partial charge in [-0.2, -0.15) is 0 Å². The molecule has 2 aromatic heterocycles. The van der Waals surface area contributed by atoms with Gasteiger partial charge in [0.15, 0.2) is 5.65 Å². The number of ether oxygens (including phenoxy) is 1. The van der Waals surface area contributed by atoms with Crippen LogP contribution in [0.15, 0.2) is 42.6 Å². The van der Waals surface area contributed by atoms with Gasteiger partial charge in [0.05, 0.1) is 6.61 Å². The second-order valence-electron chi connectivity index (χ2n) is 6.12. The zero-order valence-corrected chi connectivity index (χ0v) is 15.2. The van der Waals surface area contributed by atoms with Gasteiger partial charge in [-0.3, -0.25) is 4.79 Å². The molecule has 1 amide bonds. The Kier molecular flexibility index (Phi) is 5.96. The average molecular weight is 352 g/mol. The van der Waals surface area contributed by atoms with Gasteiger partial charge in [0.1, 0.15) is 11.3 Å². The van der Waals surface area contributed by atoms with E-state index in [4.69, 9.17) is 4.74 Å². The van der Waals surface area contributed by atoms with Gasteiger partial charge in [-0.15, -0.1) is 0 Å². The van der Waals surface area contributed by atoms with Crippen LogP contribution in [-0.2, 0) is 28.9 Å². The van der Waals surface area contributed by atoms with E-state index in [1.807, 2.05) is 34.9 Å². The van der Waals surface area contributed by atoms with Crippen molar-refractivity contribution >= 4 is 22.8 Å². The molecule has 0 aliphatic rings. The Morgan fingerprint density at radius 3 is 2.96 bits per heavy atom. The number of methoxy groups -OCH3 is 1. The maximum atomic E-state index is 12.3. The molecule has 0 atom stereocenters. The smallest absolute Gasteiger partial charge is 0.224 e. The van der Waals surface area contributed by atoms with Crippen LogP contribution < -0.4 is 5.32 Å². The second kappa shape index (κ2) is 8.58. The summed E-state index contributed by atoms with van der Waals surface area (Å²) in [6, 6.07) is 11.7. The van der Waals surface area contributed by atoms with E-state index < -0.39 is 0 Å². The topological polar surface area (TPSA) is 69.0 Å². The lowest BCUT2D eigenvalue weighted by Crippen LogP contribution is -2.15. The summed E-state index contributed by atoms with van der Waals surface area (Å²) in [5.41, 5.74) is 3.71. The first-order chi connectivity index (χ1) is 12.7. The highest BCUT2D eigenvalue weighted by Gasteiger charge is 2.13. The zero-order chi connectivity index (χ0) is 18.4. The van der Waals surface area contributed by atoms with Gasteiger partial charge in [0.2, 0.25) is 5.91 Å². The van der Waals surface area contributed by atoms with Crippen molar-refractivity contribution < 1.29 is 9.53 Å². The van der Waals surface area contributed by atoms with Gasteiger partial charge in [-0.1, -0.05) is 19.1 Å². The molecule has 6 nitrogen and oxygen atoms in total. The van der Waals surface area contributed by atoms with E-state index in [1.165, 1.54) is 5.56 Å². The van der Waals surface area contributed by atoms with Crippen LogP contribution in [0.5, 0.6) is 0 Å². The number of imidazole rings is 1. The molecule has 3 rings (SSSR count). The molecule has 0 aliphatic heterocycles. The fraction of sp³-hybridized carbons (Fsp3) is 0.350. The third kappa shape index (κ3) is 4.26. The van der Waals surface area contributed by atoms with E-state index in [9.17, 15) is 4.79 Å². The number of amides is 1. The lowest BCUT2D eigenvalue weighted by molar-refractivity contribution is -0.116. The number of carbonyl (C=O) groups excluding carboxylic acids is 1. The molecule has 6 heteroatoms. The molecular formula is C20H24N4O2. The van der Waals surface area contributed by atoms with Crippen LogP contribution in [0.3, 0.4) is 0 Å². The van der Waals surface area contributed by atoms with Crippen molar-refractivity contribution in [1.29, 1.82) is 0 Å². The Balaban J connectivity index is 1.69. The maximum absolute atomic E-state index is 12.3. The third-order valence-corrected chi connectivity index (χ3v) is 4.30. The monoisotopic (exact) mass is 352 g/mol. The Hall–Kier alpha value is -2.73. The molecular weight excluding hydrogens is 328 g/mol. The molecule has 0 bridgehead atoms. The highest BCUT2D eigenvalue weighted by molar-refractivity contribution is 5.90. The Morgan fingerprint density at radius 1 is 1.27 bits per heavy atom. The number of aryl methyl sites for hydroxylation is 2. The van der Waals surface area contributed by atoms with Gasteiger partial charge in [0, 0.05) is 38.4 Å². The molecule has 1 N–H and O–H groups in total. The summed E-state index contributed by atoms with van der Waals surface area (Å²) < 4.78 is 7.22. The predicted octanol–water partition coefficient (Wildman–Crippen LogP) is 3.21. The summed E-state index contributed by atoms with van der Waals surface area (Å²) in [6.07, 6.45) is 3.62. The molecule has 0 fully saturated rings. The minimum absolute atomic E-state index is 0.0171. The summed E-state index contributed by atoms with van der Waals surface area (Å²) in [5, 5.41) is 2.97. The molecule has 0 spiro atoms. The van der Waals surface area contributed by atoms with Gasteiger partial charge in [-0.25, -0.2) is 9.97 Å². The zero-order valence-electron chi connectivity index (χ0n) is 15.2. The van der Waals surface area contributed by atoms with Crippen LogP contribution in [0.2, 0.25) is 0 Å². The summed E-state index contributed by atoms with van der Waals surface area (Å²) >= 11 is 0. The summed E-state index contributed by atoms with van der Waals surface area (Å²) in [5.74, 6) is 0.838. The van der Waals surface area contributed by atoms with E-state index in [0.717, 1.165) is 29.1 Å². The van der Waals surface area contributed by atoms with Gasteiger partial charge in [0.25, 0.3) is 0 Å². The summed E-state index contributed by atoms with van der Waals surface area (Å²) in [6.45, 7) is 3.34. The Labute approximate surface area is 153 Å². The van der Waals surface area contributed by atoms with Crippen molar-refractivity contribution in [2.24, 2.45) is 0 Å². The fourth-order valence-electron chi connectivity index (χ4n) is 2.93. The maximum Gasteiger partial charge on any atom is 0.224 e. The van der Waals surface area contributed by atoms with Gasteiger partial charge in [-0.05, 0) is 36.2 Å². The van der Waals surface area contributed by atoms with Crippen molar-refractivity contribution in [2.75, 3.05) is 19.0 Å². The second-order valence-corrected chi connectivity index (χ2v) is 6.12. The van der Waals surface area contributed by atoms with Gasteiger partial charge >= 0.3 is 0 Å². The molecule has 26 heavy (non-hydrogen) atoms. The number of hydrogen-bond donors (Lipinski definition) is 1. The SMILES string of the molecule is CCc1cccc(NC(=O)CCc2nc3cccnc3n2CCOC)c1. The number of pyridine rings is 1. The van der Waals surface area contributed by atoms with Crippen LogP contribution in [-0.4, -0.2) is 34.2 Å². The first-order valence-corrected chi connectivity index (χ1v) is 8.89. The van der Waals surface area contributed by atoms with E-state index in [1.54, 1.807) is 13.3 Å². The van der Waals surface area contributed by atoms with Crippen molar-refractivity contribution in [2.45, 2.75) is 32.7 Å². The Morgan fingerprint density at radius 2 is 2.15 bits per heavy atom. The average Bonchev–Trinajstić information content (AvgIpc) is 3.02. The van der Waals surface area contributed by atoms with Crippen molar-refractivity contribution in [1.82, 2.24) is 14.5 Å². The molecule has 0 unspecified atom stereocenters. The number of fused-ring (bicyclic) bond motifs is 1. The standard InChI is InChI=1S/C20H24N4O2/c1-3-15-6-4-7-16(14-15)22-19(25)10-9-18-23-17-8-5-11-21-20(17)24(18)12-13-26-2/h4-8,11,14H,3,9-10,12-13H2,1-2H3,(H,22,25). The van der Waals surface area contributed by atoms with Crippen molar-refractivity contribution in [3.63, 3.8) is 0 Å². The van der Waals surface area contributed by atoms with E-state index >= 15 is 0 Å². The van der Waals surface area contributed by atoms with Crippen molar-refractivity contribution in [3.8, 4) is 0 Å². The molecule has 136 valence electrons. The number of nitrogens with one attached hydrogen (secondary N) is 1. The van der Waals surface area contributed by atoms with Crippen LogP contribution in [0.1, 0.15) is 24.7 Å².